The third-order valence-corrected chi connectivity index (χ3v) is 3.50. The molecule has 0 aliphatic carbocycles. The fourth-order valence-electron chi connectivity index (χ4n) is 2.50. The van der Waals surface area contributed by atoms with Crippen molar-refractivity contribution in [3.63, 3.8) is 0 Å². The molecule has 0 fully saturated rings. The van der Waals surface area contributed by atoms with E-state index in [9.17, 15) is 18.1 Å². The van der Waals surface area contributed by atoms with Gasteiger partial charge in [0.25, 0.3) is 0 Å². The van der Waals surface area contributed by atoms with Crippen LogP contribution in [0, 0.1) is 10.8 Å². The molecule has 128 valence electrons. The van der Waals surface area contributed by atoms with E-state index in [1.54, 1.807) is 13.8 Å². The Morgan fingerprint density at radius 2 is 1.62 bits per heavy atom. The van der Waals surface area contributed by atoms with Gasteiger partial charge in [0.1, 0.15) is 12.1 Å². The Hall–Kier alpha value is -2.71. The maximum Gasteiger partial charge on any atom is 0.573 e. The van der Waals surface area contributed by atoms with Crippen molar-refractivity contribution in [1.82, 2.24) is 9.97 Å². The lowest BCUT2D eigenvalue weighted by atomic mass is 9.79. The van der Waals surface area contributed by atoms with Gasteiger partial charge >= 0.3 is 6.36 Å². The minimum absolute atomic E-state index is 0.296. The lowest BCUT2D eigenvalue weighted by Gasteiger charge is -2.34. The third-order valence-electron chi connectivity index (χ3n) is 3.50. The van der Waals surface area contributed by atoms with Crippen LogP contribution in [0.15, 0.2) is 48.3 Å². The molecule has 1 aromatic carbocycles. The molecule has 0 aliphatic heterocycles. The Morgan fingerprint density at radius 1 is 1.04 bits per heavy atom. The van der Waals surface area contributed by atoms with Gasteiger partial charge in [0, 0.05) is 29.4 Å². The van der Waals surface area contributed by atoms with E-state index < -0.39 is 12.0 Å². The second-order valence-electron chi connectivity index (χ2n) is 5.26. The number of hydrogen-bond acceptors (Lipinski definition) is 6. The summed E-state index contributed by atoms with van der Waals surface area (Å²) in [6.07, 6.45) is -0.565. The molecule has 0 spiro atoms. The highest BCUT2D eigenvalue weighted by molar-refractivity contribution is 5.38. The van der Waals surface area contributed by atoms with Gasteiger partial charge in [-0.15, -0.1) is 18.1 Å². The van der Waals surface area contributed by atoms with E-state index in [-0.39, 0.29) is 11.7 Å². The number of benzene rings is 1. The van der Waals surface area contributed by atoms with Gasteiger partial charge in [-0.3, -0.25) is 0 Å². The highest BCUT2D eigenvalue weighted by atomic mass is 19.4. The molecule has 0 radical (unpaired) electrons. The van der Waals surface area contributed by atoms with Crippen molar-refractivity contribution in [2.75, 3.05) is 0 Å². The fourth-order valence-corrected chi connectivity index (χ4v) is 2.50. The molecule has 0 bridgehead atoms. The summed E-state index contributed by atoms with van der Waals surface area (Å²) in [6.45, 7) is 3.55. The number of rotatable bonds is 6. The number of alkyl halides is 3. The van der Waals surface area contributed by atoms with Crippen LogP contribution in [0.1, 0.15) is 25.0 Å². The van der Waals surface area contributed by atoms with Crippen LogP contribution in [0.5, 0.6) is 5.75 Å². The Balaban J connectivity index is 2.50. The maximum absolute atomic E-state index is 12.3. The predicted molar refractivity (Wildman–Crippen MR) is 77.7 cm³/mol. The van der Waals surface area contributed by atoms with Crippen molar-refractivity contribution in [2.45, 2.75) is 25.8 Å². The van der Waals surface area contributed by atoms with Crippen molar-refractivity contribution in [3.05, 3.63) is 59.0 Å². The average Bonchev–Trinajstić information content (AvgIpc) is 2.52. The van der Waals surface area contributed by atoms with Crippen LogP contribution in [0.2, 0.25) is 0 Å². The number of hydrogen-bond donors (Lipinski definition) is 0. The number of ether oxygens (including phenoxy) is 1. The van der Waals surface area contributed by atoms with Crippen LogP contribution in [0.4, 0.5) is 13.2 Å². The van der Waals surface area contributed by atoms with E-state index >= 15 is 0 Å². The molecule has 1 unspecified atom stereocenters. The van der Waals surface area contributed by atoms with Crippen LogP contribution < -0.4 is 4.74 Å². The fraction of sp³-hybridized carbons (Fsp3) is 0.333. The van der Waals surface area contributed by atoms with E-state index in [0.717, 1.165) is 12.1 Å². The minimum Gasteiger partial charge on any atom is -0.406 e. The highest BCUT2D eigenvalue weighted by Gasteiger charge is 2.42. The van der Waals surface area contributed by atoms with Crippen molar-refractivity contribution < 1.29 is 22.7 Å². The third kappa shape index (κ3) is 3.61. The molecule has 6 nitrogen and oxygen atoms in total. The standard InChI is InChI=1S/C15H14F3N3O3/c1-10(2)14(24-21-22,12-7-19-9-20-8-12)11-3-5-13(6-4-11)23-15(16,17)18/h3-10H,1-2H3. The van der Waals surface area contributed by atoms with Gasteiger partial charge in [0.05, 0.1) is 0 Å². The van der Waals surface area contributed by atoms with Gasteiger partial charge < -0.3 is 9.57 Å². The largest absolute Gasteiger partial charge is 0.573 e. The average molecular weight is 341 g/mol. The van der Waals surface area contributed by atoms with Gasteiger partial charge in [0.2, 0.25) is 0 Å². The van der Waals surface area contributed by atoms with Gasteiger partial charge in [-0.25, -0.2) is 9.97 Å². The summed E-state index contributed by atoms with van der Waals surface area (Å²) in [4.78, 5) is 23.8. The molecule has 0 amide bonds. The van der Waals surface area contributed by atoms with Crippen LogP contribution in [0.25, 0.3) is 0 Å². The van der Waals surface area contributed by atoms with E-state index in [4.69, 9.17) is 4.84 Å². The van der Waals surface area contributed by atoms with Gasteiger partial charge in [-0.1, -0.05) is 26.0 Å². The first-order chi connectivity index (χ1) is 11.3. The second kappa shape index (κ2) is 6.81. The minimum atomic E-state index is -4.79. The van der Waals surface area contributed by atoms with E-state index in [1.807, 2.05) is 0 Å². The molecule has 2 aromatic rings. The summed E-state index contributed by atoms with van der Waals surface area (Å²) in [6, 6.07) is 5.02. The molecule has 24 heavy (non-hydrogen) atoms. The van der Waals surface area contributed by atoms with Crippen LogP contribution in [-0.2, 0) is 10.4 Å². The molecule has 0 aliphatic rings. The van der Waals surface area contributed by atoms with Gasteiger partial charge in [-0.05, 0) is 12.1 Å². The Morgan fingerprint density at radius 3 is 2.08 bits per heavy atom. The Labute approximate surface area is 135 Å². The summed E-state index contributed by atoms with van der Waals surface area (Å²) in [5.41, 5.74) is -0.467. The van der Waals surface area contributed by atoms with E-state index in [1.165, 1.54) is 30.9 Å². The zero-order valence-electron chi connectivity index (χ0n) is 12.8. The predicted octanol–water partition coefficient (Wildman–Crippen LogP) is 3.97. The molecular weight excluding hydrogens is 327 g/mol. The van der Waals surface area contributed by atoms with Crippen molar-refractivity contribution in [3.8, 4) is 5.75 Å². The Kier molecular flexibility index (Phi) is 5.01. The Bertz CT molecular complexity index is 678. The quantitative estimate of drug-likeness (QED) is 0.587. The molecule has 0 saturated heterocycles. The maximum atomic E-state index is 12.3. The zero-order valence-corrected chi connectivity index (χ0v) is 12.8. The summed E-state index contributed by atoms with van der Waals surface area (Å²) in [5, 5.41) is 2.55. The summed E-state index contributed by atoms with van der Waals surface area (Å²) >= 11 is 0. The highest BCUT2D eigenvalue weighted by Crippen LogP contribution is 2.41. The SMILES string of the molecule is CC(C)C(ON=O)(c1ccc(OC(F)(F)F)cc1)c1cncnc1. The van der Waals surface area contributed by atoms with E-state index in [0.29, 0.717) is 11.1 Å². The molecule has 2 rings (SSSR count). The molecular formula is C15H14F3N3O3. The van der Waals surface area contributed by atoms with Gasteiger partial charge in [0.15, 0.2) is 10.9 Å². The lowest BCUT2D eigenvalue weighted by molar-refractivity contribution is -0.274. The number of nitrogens with zero attached hydrogens (tertiary/aromatic N) is 3. The first kappa shape index (κ1) is 17.6. The number of halogens is 3. The van der Waals surface area contributed by atoms with E-state index in [2.05, 4.69) is 20.0 Å². The smallest absolute Gasteiger partial charge is 0.406 e. The topological polar surface area (TPSA) is 73.7 Å². The lowest BCUT2D eigenvalue weighted by Crippen LogP contribution is -2.35. The second-order valence-corrected chi connectivity index (χ2v) is 5.26. The molecule has 1 atom stereocenters. The van der Waals surface area contributed by atoms with Crippen LogP contribution >= 0.6 is 0 Å². The molecule has 1 aromatic heterocycles. The van der Waals surface area contributed by atoms with Crippen molar-refractivity contribution in [2.24, 2.45) is 11.3 Å². The summed E-state index contributed by atoms with van der Waals surface area (Å²) in [7, 11) is 0. The zero-order chi connectivity index (χ0) is 17.8. The summed E-state index contributed by atoms with van der Waals surface area (Å²) in [5.74, 6) is -0.678. The molecule has 1 heterocycles. The van der Waals surface area contributed by atoms with Crippen molar-refractivity contribution >= 4 is 0 Å². The molecule has 0 N–H and O–H groups in total. The summed E-state index contributed by atoms with van der Waals surface area (Å²) < 4.78 is 40.7. The number of aromatic nitrogens is 2. The van der Waals surface area contributed by atoms with Crippen molar-refractivity contribution in [1.29, 1.82) is 0 Å². The van der Waals surface area contributed by atoms with Crippen LogP contribution in [-0.4, -0.2) is 16.3 Å². The normalized spacial score (nSPS) is 14.1. The monoisotopic (exact) mass is 341 g/mol. The molecule has 0 saturated carbocycles. The van der Waals surface area contributed by atoms with Crippen LogP contribution in [0.3, 0.4) is 0 Å². The first-order valence-corrected chi connectivity index (χ1v) is 6.92. The van der Waals surface area contributed by atoms with Gasteiger partial charge in [-0.2, -0.15) is 0 Å². The first-order valence-electron chi connectivity index (χ1n) is 6.92. The molecule has 9 heteroatoms.